The van der Waals surface area contributed by atoms with Crippen LogP contribution in [-0.2, 0) is 9.59 Å². The Bertz CT molecular complexity index is 1230. The van der Waals surface area contributed by atoms with Crippen LogP contribution in [-0.4, -0.2) is 28.5 Å². The zero-order valence-corrected chi connectivity index (χ0v) is 17.8. The Kier molecular flexibility index (Phi) is 6.42. The van der Waals surface area contributed by atoms with Crippen molar-refractivity contribution in [3.05, 3.63) is 83.0 Å². The molecule has 2 aromatic carbocycles. The van der Waals surface area contributed by atoms with Gasteiger partial charge in [-0.05, 0) is 48.2 Å². The normalized spacial score (nSPS) is 14.9. The molecule has 0 unspecified atom stereocenters. The number of imide groups is 1. The number of nitrogens with zero attached hydrogens (tertiary/aromatic N) is 1. The van der Waals surface area contributed by atoms with Crippen LogP contribution in [0.2, 0.25) is 0 Å². The van der Waals surface area contributed by atoms with Gasteiger partial charge in [0, 0.05) is 17.0 Å². The lowest BCUT2D eigenvalue weighted by molar-refractivity contribution is -0.127. The lowest BCUT2D eigenvalue weighted by atomic mass is 10.3. The molecule has 1 saturated heterocycles. The van der Waals surface area contributed by atoms with Crippen LogP contribution in [0.1, 0.15) is 5.76 Å². The van der Waals surface area contributed by atoms with Crippen LogP contribution in [0, 0.1) is 11.6 Å². The monoisotopic (exact) mass is 472 g/mol. The second kappa shape index (κ2) is 9.41. The fraction of sp³-hybridized carbons (Fsp3) is 0.0455. The minimum atomic E-state index is -0.964. The summed E-state index contributed by atoms with van der Waals surface area (Å²) in [4.78, 5) is 38.8. The number of hydrogen-bond donors (Lipinski definition) is 1. The first kappa shape index (κ1) is 21.8. The topological polar surface area (TPSA) is 79.6 Å². The van der Waals surface area contributed by atoms with Crippen molar-refractivity contribution in [1.29, 1.82) is 0 Å². The number of halogens is 2. The number of carbonyl (C=O) groups excluding carboxylic acids is 3. The molecule has 162 valence electrons. The predicted molar refractivity (Wildman–Crippen MR) is 117 cm³/mol. The van der Waals surface area contributed by atoms with Crippen molar-refractivity contribution in [2.45, 2.75) is 9.99 Å². The van der Waals surface area contributed by atoms with E-state index in [9.17, 15) is 23.2 Å². The van der Waals surface area contributed by atoms with Crippen molar-refractivity contribution in [1.82, 2.24) is 4.90 Å². The van der Waals surface area contributed by atoms with Gasteiger partial charge in [-0.25, -0.2) is 8.78 Å². The third kappa shape index (κ3) is 5.09. The van der Waals surface area contributed by atoms with Gasteiger partial charge in [0.25, 0.3) is 11.1 Å². The molecule has 4 rings (SSSR count). The summed E-state index contributed by atoms with van der Waals surface area (Å²) in [6, 6.07) is 15.7. The van der Waals surface area contributed by atoms with Crippen LogP contribution in [0.25, 0.3) is 6.08 Å². The maximum absolute atomic E-state index is 13.7. The highest BCUT2D eigenvalue weighted by Gasteiger charge is 2.36. The van der Waals surface area contributed by atoms with Gasteiger partial charge < -0.3 is 9.73 Å². The Labute approximate surface area is 189 Å². The molecule has 0 spiro atoms. The zero-order chi connectivity index (χ0) is 22.7. The molecule has 0 saturated carbocycles. The van der Waals surface area contributed by atoms with Gasteiger partial charge in [-0.2, -0.15) is 0 Å². The molecule has 1 N–H and O–H groups in total. The van der Waals surface area contributed by atoms with Crippen LogP contribution in [0.3, 0.4) is 0 Å². The number of anilines is 1. The number of thioether (sulfide) groups is 1. The third-order valence-corrected chi connectivity index (χ3v) is 6.05. The van der Waals surface area contributed by atoms with Crippen LogP contribution >= 0.6 is 23.5 Å². The Morgan fingerprint density at radius 3 is 2.62 bits per heavy atom. The number of carbonyl (C=O) groups is 3. The molecule has 32 heavy (non-hydrogen) atoms. The highest BCUT2D eigenvalue weighted by atomic mass is 32.2. The molecular weight excluding hydrogens is 458 g/mol. The number of hydrogen-bond acceptors (Lipinski definition) is 6. The Hall–Kier alpha value is -3.37. The SMILES string of the molecule is O=C(CN1C(=O)SC(=Cc2ccc(Sc3ccccc3)o2)C1=O)Nc1ccc(F)cc1F. The average Bonchev–Trinajstić information content (AvgIpc) is 3.30. The van der Waals surface area contributed by atoms with Crippen LogP contribution < -0.4 is 5.32 Å². The first-order valence-corrected chi connectivity index (χ1v) is 10.9. The van der Waals surface area contributed by atoms with E-state index in [1.807, 2.05) is 30.3 Å². The fourth-order valence-corrected chi connectivity index (χ4v) is 4.38. The first-order valence-electron chi connectivity index (χ1n) is 9.22. The standard InChI is InChI=1S/C22H14F2N2O4S2/c23-13-6-8-17(16(24)10-13)25-19(27)12-26-21(28)18(32-22(26)29)11-14-7-9-20(30-14)31-15-4-2-1-3-5-15/h1-11H,12H2,(H,25,27). The van der Waals surface area contributed by atoms with Gasteiger partial charge in [0.05, 0.1) is 10.6 Å². The van der Waals surface area contributed by atoms with Crippen LogP contribution in [0.5, 0.6) is 0 Å². The van der Waals surface area contributed by atoms with E-state index in [2.05, 4.69) is 5.32 Å². The van der Waals surface area contributed by atoms with E-state index in [1.54, 1.807) is 12.1 Å². The molecule has 0 bridgehead atoms. The Morgan fingerprint density at radius 2 is 1.88 bits per heavy atom. The maximum atomic E-state index is 13.7. The maximum Gasteiger partial charge on any atom is 0.294 e. The number of nitrogens with one attached hydrogen (secondary N) is 1. The summed E-state index contributed by atoms with van der Waals surface area (Å²) in [5.41, 5.74) is -0.252. The highest BCUT2D eigenvalue weighted by Crippen LogP contribution is 2.34. The molecule has 6 nitrogen and oxygen atoms in total. The Morgan fingerprint density at radius 1 is 1.09 bits per heavy atom. The van der Waals surface area contributed by atoms with Gasteiger partial charge in [0.1, 0.15) is 23.9 Å². The molecule has 2 heterocycles. The predicted octanol–water partition coefficient (Wildman–Crippen LogP) is 5.38. The summed E-state index contributed by atoms with van der Waals surface area (Å²) >= 11 is 2.08. The van der Waals surface area contributed by atoms with Gasteiger partial charge in [0.15, 0.2) is 5.09 Å². The zero-order valence-electron chi connectivity index (χ0n) is 16.2. The number of benzene rings is 2. The van der Waals surface area contributed by atoms with E-state index in [-0.39, 0.29) is 10.6 Å². The van der Waals surface area contributed by atoms with Crippen molar-refractivity contribution in [3.8, 4) is 0 Å². The lowest BCUT2D eigenvalue weighted by Gasteiger charge is -2.12. The molecule has 10 heteroatoms. The second-order valence-electron chi connectivity index (χ2n) is 6.51. The summed E-state index contributed by atoms with van der Waals surface area (Å²) in [7, 11) is 0. The van der Waals surface area contributed by atoms with E-state index in [0.717, 1.165) is 21.9 Å². The third-order valence-electron chi connectivity index (χ3n) is 4.22. The van der Waals surface area contributed by atoms with Gasteiger partial charge in [-0.3, -0.25) is 19.3 Å². The van der Waals surface area contributed by atoms with Gasteiger partial charge >= 0.3 is 0 Å². The van der Waals surface area contributed by atoms with E-state index in [0.29, 0.717) is 28.7 Å². The molecular formula is C22H14F2N2O4S2. The summed E-state index contributed by atoms with van der Waals surface area (Å²) in [5, 5.41) is 2.20. The molecule has 1 aliphatic heterocycles. The molecule has 0 radical (unpaired) electrons. The van der Waals surface area contributed by atoms with Crippen molar-refractivity contribution < 1.29 is 27.6 Å². The lowest BCUT2D eigenvalue weighted by Crippen LogP contribution is -2.36. The van der Waals surface area contributed by atoms with Crippen molar-refractivity contribution in [3.63, 3.8) is 0 Å². The number of furan rings is 1. The fourth-order valence-electron chi connectivity index (χ4n) is 2.76. The van der Waals surface area contributed by atoms with E-state index in [1.165, 1.54) is 17.8 Å². The van der Waals surface area contributed by atoms with E-state index in [4.69, 9.17) is 4.42 Å². The summed E-state index contributed by atoms with van der Waals surface area (Å²) in [6.07, 6.45) is 1.43. The first-order chi connectivity index (χ1) is 15.4. The molecule has 1 fully saturated rings. The van der Waals surface area contributed by atoms with Gasteiger partial charge in [-0.15, -0.1) is 0 Å². The van der Waals surface area contributed by atoms with Crippen molar-refractivity contribution in [2.75, 3.05) is 11.9 Å². The summed E-state index contributed by atoms with van der Waals surface area (Å²) in [6.45, 7) is -0.605. The highest BCUT2D eigenvalue weighted by molar-refractivity contribution is 8.18. The quantitative estimate of drug-likeness (QED) is 0.485. The Balaban J connectivity index is 1.41. The largest absolute Gasteiger partial charge is 0.450 e. The minimum absolute atomic E-state index is 0.0985. The number of rotatable bonds is 6. The van der Waals surface area contributed by atoms with Crippen molar-refractivity contribution in [2.24, 2.45) is 0 Å². The van der Waals surface area contributed by atoms with Gasteiger partial charge in [-0.1, -0.05) is 30.0 Å². The average molecular weight is 472 g/mol. The van der Waals surface area contributed by atoms with Crippen LogP contribution in [0.4, 0.5) is 19.3 Å². The molecule has 0 aliphatic carbocycles. The molecule has 1 aliphatic rings. The number of amides is 3. The minimum Gasteiger partial charge on any atom is -0.450 e. The van der Waals surface area contributed by atoms with Crippen LogP contribution in [0.15, 0.2) is 80.0 Å². The molecule has 0 atom stereocenters. The van der Waals surface area contributed by atoms with E-state index < -0.39 is 35.2 Å². The van der Waals surface area contributed by atoms with E-state index >= 15 is 0 Å². The molecule has 3 amide bonds. The van der Waals surface area contributed by atoms with Gasteiger partial charge in [0.2, 0.25) is 5.91 Å². The summed E-state index contributed by atoms with van der Waals surface area (Å²) in [5.74, 6) is -2.83. The van der Waals surface area contributed by atoms with Crippen molar-refractivity contribution >= 4 is 52.3 Å². The molecule has 3 aromatic rings. The summed E-state index contributed by atoms with van der Waals surface area (Å²) < 4.78 is 32.4. The second-order valence-corrected chi connectivity index (χ2v) is 8.58. The molecule has 1 aromatic heterocycles. The smallest absolute Gasteiger partial charge is 0.294 e.